The van der Waals surface area contributed by atoms with E-state index in [0.717, 1.165) is 12.3 Å². The van der Waals surface area contributed by atoms with E-state index >= 15 is 0 Å². The molecule has 0 bridgehead atoms. The van der Waals surface area contributed by atoms with Crippen molar-refractivity contribution in [2.45, 2.75) is 52.4 Å². The first-order chi connectivity index (χ1) is 7.92. The smallest absolute Gasteiger partial charge is 0.304 e. The third-order valence-electron chi connectivity index (χ3n) is 3.52. The minimum Gasteiger partial charge on any atom is -0.481 e. The normalized spacial score (nSPS) is 17.1. The Hall–Kier alpha value is -1.06. The first kappa shape index (κ1) is 14.0. The van der Waals surface area contributed by atoms with E-state index < -0.39 is 11.4 Å². The Balaban J connectivity index is 2.25. The molecular formula is C13H23NO3. The van der Waals surface area contributed by atoms with Crippen LogP contribution in [-0.4, -0.2) is 23.5 Å². The summed E-state index contributed by atoms with van der Waals surface area (Å²) in [7, 11) is 0. The maximum absolute atomic E-state index is 11.8. The van der Waals surface area contributed by atoms with Gasteiger partial charge in [-0.25, -0.2) is 0 Å². The second kappa shape index (κ2) is 6.03. The molecule has 17 heavy (non-hydrogen) atoms. The molecule has 0 radical (unpaired) electrons. The number of nitrogens with one attached hydrogen (secondary N) is 1. The number of carbonyl (C=O) groups excluding carboxylic acids is 1. The SMILES string of the molecule is CC(C)(CC(=O)O)C(=O)NCCC1CCCC1. The lowest BCUT2D eigenvalue weighted by Crippen LogP contribution is -2.39. The molecule has 1 aliphatic carbocycles. The number of carbonyl (C=O) groups is 2. The number of aliphatic carboxylic acids is 1. The van der Waals surface area contributed by atoms with Gasteiger partial charge < -0.3 is 10.4 Å². The molecule has 0 aromatic heterocycles. The van der Waals surface area contributed by atoms with Crippen molar-refractivity contribution in [2.75, 3.05) is 6.54 Å². The Labute approximate surface area is 103 Å². The van der Waals surface area contributed by atoms with Crippen molar-refractivity contribution < 1.29 is 14.7 Å². The number of amides is 1. The van der Waals surface area contributed by atoms with Crippen molar-refractivity contribution in [3.8, 4) is 0 Å². The Bertz CT molecular complexity index is 280. The largest absolute Gasteiger partial charge is 0.481 e. The third kappa shape index (κ3) is 4.75. The van der Waals surface area contributed by atoms with Crippen LogP contribution in [0.3, 0.4) is 0 Å². The van der Waals surface area contributed by atoms with Crippen molar-refractivity contribution in [1.29, 1.82) is 0 Å². The van der Waals surface area contributed by atoms with Gasteiger partial charge in [-0.15, -0.1) is 0 Å². The molecule has 1 aliphatic rings. The summed E-state index contributed by atoms with van der Waals surface area (Å²) in [5.74, 6) is -0.336. The summed E-state index contributed by atoms with van der Waals surface area (Å²) in [6.45, 7) is 4.02. The highest BCUT2D eigenvalue weighted by molar-refractivity contribution is 5.86. The van der Waals surface area contributed by atoms with Crippen LogP contribution in [0.25, 0.3) is 0 Å². The van der Waals surface area contributed by atoms with E-state index in [4.69, 9.17) is 5.11 Å². The lowest BCUT2D eigenvalue weighted by Gasteiger charge is -2.21. The molecule has 0 aliphatic heterocycles. The molecule has 0 unspecified atom stereocenters. The first-order valence-electron chi connectivity index (χ1n) is 6.42. The number of carboxylic acid groups (broad SMARTS) is 1. The monoisotopic (exact) mass is 241 g/mol. The highest BCUT2D eigenvalue weighted by Crippen LogP contribution is 2.27. The molecular weight excluding hydrogens is 218 g/mol. The van der Waals surface area contributed by atoms with Crippen LogP contribution >= 0.6 is 0 Å². The van der Waals surface area contributed by atoms with Gasteiger partial charge >= 0.3 is 5.97 Å². The Morgan fingerprint density at radius 2 is 1.88 bits per heavy atom. The van der Waals surface area contributed by atoms with Gasteiger partial charge in [0, 0.05) is 6.54 Å². The standard InChI is InChI=1S/C13H23NO3/c1-13(2,9-11(15)16)12(17)14-8-7-10-5-3-4-6-10/h10H,3-9H2,1-2H3,(H,14,17)(H,15,16). The van der Waals surface area contributed by atoms with Gasteiger partial charge in [-0.1, -0.05) is 39.5 Å². The van der Waals surface area contributed by atoms with Crippen molar-refractivity contribution >= 4 is 11.9 Å². The van der Waals surface area contributed by atoms with Gasteiger partial charge in [0.05, 0.1) is 11.8 Å². The van der Waals surface area contributed by atoms with Gasteiger partial charge in [0.2, 0.25) is 5.91 Å². The molecule has 4 heteroatoms. The molecule has 1 amide bonds. The highest BCUT2D eigenvalue weighted by Gasteiger charge is 2.30. The molecule has 0 aromatic carbocycles. The van der Waals surface area contributed by atoms with Crippen LogP contribution in [-0.2, 0) is 9.59 Å². The van der Waals surface area contributed by atoms with E-state index in [2.05, 4.69) is 5.32 Å². The van der Waals surface area contributed by atoms with Crippen LogP contribution in [0.2, 0.25) is 0 Å². The summed E-state index contributed by atoms with van der Waals surface area (Å²) in [4.78, 5) is 22.4. The van der Waals surface area contributed by atoms with Crippen LogP contribution in [0.5, 0.6) is 0 Å². The lowest BCUT2D eigenvalue weighted by molar-refractivity contribution is -0.144. The van der Waals surface area contributed by atoms with Crippen molar-refractivity contribution in [3.05, 3.63) is 0 Å². The predicted molar refractivity (Wildman–Crippen MR) is 65.6 cm³/mol. The highest BCUT2D eigenvalue weighted by atomic mass is 16.4. The van der Waals surface area contributed by atoms with E-state index in [9.17, 15) is 9.59 Å². The minimum absolute atomic E-state index is 0.123. The molecule has 98 valence electrons. The number of hydrogen-bond acceptors (Lipinski definition) is 2. The van der Waals surface area contributed by atoms with E-state index in [1.54, 1.807) is 13.8 Å². The molecule has 2 N–H and O–H groups in total. The van der Waals surface area contributed by atoms with E-state index in [1.807, 2.05) is 0 Å². The first-order valence-corrected chi connectivity index (χ1v) is 6.42. The molecule has 0 heterocycles. The summed E-state index contributed by atoms with van der Waals surface area (Å²) in [6.07, 6.45) is 6.06. The summed E-state index contributed by atoms with van der Waals surface area (Å²) in [5.41, 5.74) is -0.818. The fraction of sp³-hybridized carbons (Fsp3) is 0.846. The van der Waals surface area contributed by atoms with Gasteiger partial charge in [0.25, 0.3) is 0 Å². The van der Waals surface area contributed by atoms with Crippen LogP contribution < -0.4 is 5.32 Å². The average Bonchev–Trinajstić information content (AvgIpc) is 2.68. The van der Waals surface area contributed by atoms with Crippen molar-refractivity contribution in [2.24, 2.45) is 11.3 Å². The molecule has 0 atom stereocenters. The van der Waals surface area contributed by atoms with Gasteiger partial charge in [0.1, 0.15) is 0 Å². The van der Waals surface area contributed by atoms with Gasteiger partial charge in [0.15, 0.2) is 0 Å². The van der Waals surface area contributed by atoms with E-state index in [0.29, 0.717) is 6.54 Å². The molecule has 1 fully saturated rings. The molecule has 0 saturated heterocycles. The van der Waals surface area contributed by atoms with Crippen LogP contribution in [0.15, 0.2) is 0 Å². The average molecular weight is 241 g/mol. The fourth-order valence-corrected chi connectivity index (χ4v) is 2.39. The maximum atomic E-state index is 11.8. The number of carboxylic acids is 1. The minimum atomic E-state index is -0.930. The molecule has 0 aromatic rings. The van der Waals surface area contributed by atoms with E-state index in [1.165, 1.54) is 25.7 Å². The second-order valence-electron chi connectivity index (χ2n) is 5.65. The quantitative estimate of drug-likeness (QED) is 0.749. The Morgan fingerprint density at radius 1 is 1.29 bits per heavy atom. The second-order valence-corrected chi connectivity index (χ2v) is 5.65. The summed E-state index contributed by atoms with van der Waals surface area (Å²) in [5, 5.41) is 11.6. The molecule has 1 saturated carbocycles. The zero-order valence-corrected chi connectivity index (χ0v) is 10.8. The fourth-order valence-electron chi connectivity index (χ4n) is 2.39. The van der Waals surface area contributed by atoms with Crippen LogP contribution in [0.1, 0.15) is 52.4 Å². The van der Waals surface area contributed by atoms with Crippen molar-refractivity contribution in [3.63, 3.8) is 0 Å². The molecule has 4 nitrogen and oxygen atoms in total. The summed E-state index contributed by atoms with van der Waals surface area (Å²) < 4.78 is 0. The molecule has 1 rings (SSSR count). The Morgan fingerprint density at radius 3 is 2.41 bits per heavy atom. The van der Waals surface area contributed by atoms with Crippen LogP contribution in [0.4, 0.5) is 0 Å². The van der Waals surface area contributed by atoms with Crippen LogP contribution in [0, 0.1) is 11.3 Å². The predicted octanol–water partition coefficient (Wildman–Crippen LogP) is 2.18. The zero-order chi connectivity index (χ0) is 12.9. The lowest BCUT2D eigenvalue weighted by atomic mass is 9.88. The zero-order valence-electron chi connectivity index (χ0n) is 10.8. The van der Waals surface area contributed by atoms with Gasteiger partial charge in [-0.3, -0.25) is 9.59 Å². The Kier molecular flexibility index (Phi) is 4.97. The number of hydrogen-bond donors (Lipinski definition) is 2. The van der Waals surface area contributed by atoms with Gasteiger partial charge in [-0.2, -0.15) is 0 Å². The summed E-state index contributed by atoms with van der Waals surface area (Å²) >= 11 is 0. The molecule has 0 spiro atoms. The van der Waals surface area contributed by atoms with Crippen molar-refractivity contribution in [1.82, 2.24) is 5.32 Å². The third-order valence-corrected chi connectivity index (χ3v) is 3.52. The number of rotatable bonds is 6. The van der Waals surface area contributed by atoms with Gasteiger partial charge in [-0.05, 0) is 12.3 Å². The van der Waals surface area contributed by atoms with E-state index in [-0.39, 0.29) is 12.3 Å². The summed E-state index contributed by atoms with van der Waals surface area (Å²) in [6, 6.07) is 0. The maximum Gasteiger partial charge on any atom is 0.304 e. The topological polar surface area (TPSA) is 66.4 Å².